The maximum absolute atomic E-state index is 5.79. The van der Waals surface area contributed by atoms with Crippen molar-refractivity contribution < 1.29 is 4.74 Å². The third kappa shape index (κ3) is 4.89. The first-order valence-corrected chi connectivity index (χ1v) is 7.84. The predicted octanol–water partition coefficient (Wildman–Crippen LogP) is 3.69. The number of nitrogens with zero attached hydrogens (tertiary/aromatic N) is 2. The lowest BCUT2D eigenvalue weighted by Crippen LogP contribution is -2.30. The largest absolute Gasteiger partial charge is 0.377 e. The zero-order valence-electron chi connectivity index (χ0n) is 12.6. The minimum absolute atomic E-state index is 0.168. The molecule has 0 fully saturated rings. The highest BCUT2D eigenvalue weighted by Gasteiger charge is 2.21. The van der Waals surface area contributed by atoms with Crippen LogP contribution in [0.15, 0.2) is 10.7 Å². The summed E-state index contributed by atoms with van der Waals surface area (Å²) in [5.41, 5.74) is 1.17. The van der Waals surface area contributed by atoms with Crippen LogP contribution >= 0.6 is 15.9 Å². The smallest absolute Gasteiger partial charge is 0.0741 e. The second-order valence-corrected chi connectivity index (χ2v) is 6.16. The summed E-state index contributed by atoms with van der Waals surface area (Å²) >= 11 is 3.61. The normalized spacial score (nSPS) is 13.5. The van der Waals surface area contributed by atoms with E-state index in [4.69, 9.17) is 4.74 Å². The summed E-state index contributed by atoms with van der Waals surface area (Å²) in [6.07, 6.45) is 3.21. The third-order valence-corrected chi connectivity index (χ3v) is 3.45. The Morgan fingerprint density at radius 3 is 2.58 bits per heavy atom. The van der Waals surface area contributed by atoms with Gasteiger partial charge in [-0.3, -0.25) is 4.68 Å². The Hall–Kier alpha value is -0.390. The van der Waals surface area contributed by atoms with Crippen LogP contribution in [-0.4, -0.2) is 29.0 Å². The molecule has 0 spiro atoms. The Bertz CT molecular complexity index is 377. The Morgan fingerprint density at radius 2 is 2.05 bits per heavy atom. The van der Waals surface area contributed by atoms with Crippen molar-refractivity contribution in [1.82, 2.24) is 15.1 Å². The highest BCUT2D eigenvalue weighted by molar-refractivity contribution is 9.10. The molecule has 0 saturated heterocycles. The van der Waals surface area contributed by atoms with E-state index >= 15 is 0 Å². The lowest BCUT2D eigenvalue weighted by atomic mass is 10.2. The van der Waals surface area contributed by atoms with Crippen LogP contribution in [0.4, 0.5) is 0 Å². The van der Waals surface area contributed by atoms with Crippen molar-refractivity contribution in [2.75, 3.05) is 13.2 Å². The van der Waals surface area contributed by atoms with Gasteiger partial charge in [-0.05, 0) is 56.6 Å². The molecule has 1 aromatic heterocycles. The average Bonchev–Trinajstić information content (AvgIpc) is 2.71. The second kappa shape index (κ2) is 8.02. The molecule has 1 unspecified atom stereocenters. The van der Waals surface area contributed by atoms with Gasteiger partial charge in [-0.15, -0.1) is 0 Å². The average molecular weight is 332 g/mol. The molecule has 19 heavy (non-hydrogen) atoms. The van der Waals surface area contributed by atoms with E-state index in [1.165, 1.54) is 5.69 Å². The molecule has 0 aromatic carbocycles. The molecule has 0 aliphatic carbocycles. The molecule has 1 aromatic rings. The first-order valence-electron chi connectivity index (χ1n) is 7.05. The molecule has 0 amide bonds. The number of hydrogen-bond acceptors (Lipinski definition) is 3. The molecule has 0 aliphatic rings. The topological polar surface area (TPSA) is 39.1 Å². The number of ether oxygens (including phenoxy) is 1. The SMILES string of the molecule is CCCNC(COC(C)C)c1c(Br)cnn1C(C)C. The Kier molecular flexibility index (Phi) is 7.04. The van der Waals surface area contributed by atoms with E-state index in [2.05, 4.69) is 65.6 Å². The monoisotopic (exact) mass is 331 g/mol. The lowest BCUT2D eigenvalue weighted by molar-refractivity contribution is 0.0590. The van der Waals surface area contributed by atoms with E-state index in [0.29, 0.717) is 12.6 Å². The van der Waals surface area contributed by atoms with Crippen molar-refractivity contribution in [2.24, 2.45) is 0 Å². The van der Waals surface area contributed by atoms with Gasteiger partial charge in [-0.1, -0.05) is 6.92 Å². The molecule has 0 bridgehead atoms. The van der Waals surface area contributed by atoms with Crippen molar-refractivity contribution in [1.29, 1.82) is 0 Å². The van der Waals surface area contributed by atoms with Crippen LogP contribution in [0.2, 0.25) is 0 Å². The minimum atomic E-state index is 0.168. The van der Waals surface area contributed by atoms with E-state index < -0.39 is 0 Å². The fraction of sp³-hybridized carbons (Fsp3) is 0.786. The van der Waals surface area contributed by atoms with Gasteiger partial charge in [-0.25, -0.2) is 0 Å². The van der Waals surface area contributed by atoms with Crippen molar-refractivity contribution in [3.05, 3.63) is 16.4 Å². The summed E-state index contributed by atoms with van der Waals surface area (Å²) < 4.78 is 8.89. The van der Waals surface area contributed by atoms with Gasteiger partial charge in [0.05, 0.1) is 35.1 Å². The van der Waals surface area contributed by atoms with Gasteiger partial charge in [0.25, 0.3) is 0 Å². The maximum atomic E-state index is 5.79. The molecule has 1 atom stereocenters. The van der Waals surface area contributed by atoms with Gasteiger partial charge in [0.1, 0.15) is 0 Å². The van der Waals surface area contributed by atoms with Gasteiger partial charge in [0, 0.05) is 6.04 Å². The first-order chi connectivity index (χ1) is 8.97. The van der Waals surface area contributed by atoms with E-state index in [-0.39, 0.29) is 12.1 Å². The van der Waals surface area contributed by atoms with Gasteiger partial charge in [0.15, 0.2) is 0 Å². The first kappa shape index (κ1) is 16.7. The van der Waals surface area contributed by atoms with Gasteiger partial charge in [-0.2, -0.15) is 5.10 Å². The lowest BCUT2D eigenvalue weighted by Gasteiger charge is -2.23. The summed E-state index contributed by atoms with van der Waals surface area (Å²) in [4.78, 5) is 0. The number of nitrogens with one attached hydrogen (secondary N) is 1. The molecule has 4 nitrogen and oxygen atoms in total. The van der Waals surface area contributed by atoms with Crippen LogP contribution in [0, 0.1) is 0 Å². The van der Waals surface area contributed by atoms with E-state index in [1.807, 2.05) is 6.20 Å². The van der Waals surface area contributed by atoms with Crippen LogP contribution in [0.25, 0.3) is 0 Å². The molecule has 1 rings (SSSR count). The Morgan fingerprint density at radius 1 is 1.37 bits per heavy atom. The summed E-state index contributed by atoms with van der Waals surface area (Å²) in [5.74, 6) is 0. The third-order valence-electron chi connectivity index (χ3n) is 2.84. The standard InChI is InChI=1S/C14H26BrN3O/c1-6-7-16-13(9-19-11(4)5)14-12(15)8-17-18(14)10(2)3/h8,10-11,13,16H,6-7,9H2,1-5H3. The van der Waals surface area contributed by atoms with Crippen LogP contribution in [0.3, 0.4) is 0 Å². The molecular weight excluding hydrogens is 306 g/mol. The van der Waals surface area contributed by atoms with E-state index in [9.17, 15) is 0 Å². The molecule has 0 saturated carbocycles. The molecule has 1 N–H and O–H groups in total. The van der Waals surface area contributed by atoms with Gasteiger partial charge < -0.3 is 10.1 Å². The highest BCUT2D eigenvalue weighted by Crippen LogP contribution is 2.26. The number of rotatable bonds is 8. The zero-order chi connectivity index (χ0) is 14.4. The Balaban J connectivity index is 2.91. The fourth-order valence-corrected chi connectivity index (χ4v) is 2.48. The van der Waals surface area contributed by atoms with Crippen LogP contribution in [0.1, 0.15) is 58.8 Å². The summed E-state index contributed by atoms with van der Waals surface area (Å²) in [5, 5.41) is 7.99. The van der Waals surface area contributed by atoms with Gasteiger partial charge >= 0.3 is 0 Å². The van der Waals surface area contributed by atoms with Crippen molar-refractivity contribution in [3.8, 4) is 0 Å². The molecule has 110 valence electrons. The fourth-order valence-electron chi connectivity index (χ4n) is 1.93. The molecular formula is C14H26BrN3O. The van der Waals surface area contributed by atoms with E-state index in [1.54, 1.807) is 0 Å². The predicted molar refractivity (Wildman–Crippen MR) is 82.4 cm³/mol. The van der Waals surface area contributed by atoms with Crippen LogP contribution < -0.4 is 5.32 Å². The van der Waals surface area contributed by atoms with E-state index in [0.717, 1.165) is 17.4 Å². The second-order valence-electron chi connectivity index (χ2n) is 5.30. The maximum Gasteiger partial charge on any atom is 0.0741 e. The minimum Gasteiger partial charge on any atom is -0.377 e. The molecule has 1 heterocycles. The van der Waals surface area contributed by atoms with Crippen LogP contribution in [0.5, 0.6) is 0 Å². The quantitative estimate of drug-likeness (QED) is 0.789. The highest BCUT2D eigenvalue weighted by atomic mass is 79.9. The molecule has 5 heteroatoms. The van der Waals surface area contributed by atoms with Gasteiger partial charge in [0.2, 0.25) is 0 Å². The number of halogens is 1. The Labute approximate surface area is 125 Å². The van der Waals surface area contributed by atoms with Crippen LogP contribution in [-0.2, 0) is 4.74 Å². The summed E-state index contributed by atoms with van der Waals surface area (Å²) in [6.45, 7) is 12.2. The molecule has 0 radical (unpaired) electrons. The number of aromatic nitrogens is 2. The molecule has 0 aliphatic heterocycles. The number of hydrogen-bond donors (Lipinski definition) is 1. The van der Waals surface area contributed by atoms with Crippen molar-refractivity contribution in [2.45, 2.75) is 59.2 Å². The summed E-state index contributed by atoms with van der Waals surface area (Å²) in [7, 11) is 0. The summed E-state index contributed by atoms with van der Waals surface area (Å²) in [6, 6.07) is 0.507. The van der Waals surface area contributed by atoms with Crippen molar-refractivity contribution >= 4 is 15.9 Å². The van der Waals surface area contributed by atoms with Crippen molar-refractivity contribution in [3.63, 3.8) is 0 Å². The zero-order valence-corrected chi connectivity index (χ0v) is 14.2.